The second kappa shape index (κ2) is 5.97. The lowest BCUT2D eigenvalue weighted by molar-refractivity contribution is -0.385. The van der Waals surface area contributed by atoms with E-state index in [9.17, 15) is 14.9 Å². The molecule has 0 saturated carbocycles. The number of aliphatic hydroxyl groups excluding tert-OH is 1. The molecule has 0 aromatic heterocycles. The largest absolute Gasteiger partial charge is 0.496 e. The molecule has 0 aliphatic rings. The summed E-state index contributed by atoms with van der Waals surface area (Å²) in [5.41, 5.74) is -0.483. The highest BCUT2D eigenvalue weighted by Crippen LogP contribution is 2.27. The normalized spacial score (nSPS) is 11.7. The van der Waals surface area contributed by atoms with Crippen LogP contribution in [0.25, 0.3) is 0 Å². The number of ether oxygens (including phenoxy) is 1. The first-order valence-electron chi connectivity index (χ1n) is 5.25. The fourth-order valence-electron chi connectivity index (χ4n) is 1.40. The van der Waals surface area contributed by atoms with Gasteiger partial charge in [-0.25, -0.2) is 0 Å². The van der Waals surface area contributed by atoms with E-state index in [1.807, 2.05) is 0 Å². The maximum atomic E-state index is 11.8. The predicted octanol–water partition coefficient (Wildman–Crippen LogP) is 0.714. The molecule has 98 valence electrons. The molecule has 1 aromatic carbocycles. The first-order valence-corrected chi connectivity index (χ1v) is 5.25. The van der Waals surface area contributed by atoms with Crippen LogP contribution in [0, 0.1) is 10.1 Å². The van der Waals surface area contributed by atoms with Gasteiger partial charge in [0.05, 0.1) is 18.1 Å². The zero-order valence-corrected chi connectivity index (χ0v) is 10.0. The third-order valence-electron chi connectivity index (χ3n) is 2.21. The summed E-state index contributed by atoms with van der Waals surface area (Å²) in [4.78, 5) is 22.0. The van der Waals surface area contributed by atoms with E-state index < -0.39 is 16.9 Å². The van der Waals surface area contributed by atoms with Crippen molar-refractivity contribution in [3.63, 3.8) is 0 Å². The van der Waals surface area contributed by atoms with Crippen molar-refractivity contribution in [2.24, 2.45) is 0 Å². The number of amides is 1. The number of hydrogen-bond donors (Lipinski definition) is 2. The van der Waals surface area contributed by atoms with Crippen LogP contribution in [0.4, 0.5) is 5.69 Å². The molecule has 0 unspecified atom stereocenters. The van der Waals surface area contributed by atoms with E-state index in [0.717, 1.165) is 0 Å². The first-order chi connectivity index (χ1) is 8.47. The topological polar surface area (TPSA) is 102 Å². The molecule has 0 aliphatic carbocycles. The summed E-state index contributed by atoms with van der Waals surface area (Å²) >= 11 is 0. The average molecular weight is 254 g/mol. The van der Waals surface area contributed by atoms with Gasteiger partial charge in [0.15, 0.2) is 5.56 Å². The van der Waals surface area contributed by atoms with E-state index in [-0.39, 0.29) is 23.5 Å². The van der Waals surface area contributed by atoms with Gasteiger partial charge in [-0.2, -0.15) is 0 Å². The van der Waals surface area contributed by atoms with Gasteiger partial charge in [-0.05, 0) is 13.0 Å². The molecule has 0 saturated heterocycles. The minimum atomic E-state index is -0.734. The highest BCUT2D eigenvalue weighted by molar-refractivity contribution is 6.00. The highest BCUT2D eigenvalue weighted by Gasteiger charge is 2.24. The number of nitro groups is 1. The van der Waals surface area contributed by atoms with Crippen molar-refractivity contribution in [2.45, 2.75) is 13.0 Å². The number of benzene rings is 1. The Bertz CT molecular complexity index is 459. The molecule has 1 aromatic rings. The van der Waals surface area contributed by atoms with Crippen molar-refractivity contribution in [1.82, 2.24) is 5.32 Å². The van der Waals surface area contributed by atoms with Gasteiger partial charge in [0.1, 0.15) is 5.75 Å². The molecule has 7 heteroatoms. The highest BCUT2D eigenvalue weighted by atomic mass is 16.6. The van der Waals surface area contributed by atoms with Crippen LogP contribution in [-0.2, 0) is 0 Å². The van der Waals surface area contributed by atoms with Gasteiger partial charge in [0.25, 0.3) is 11.6 Å². The van der Waals surface area contributed by atoms with Gasteiger partial charge in [0.2, 0.25) is 0 Å². The number of nitrogens with one attached hydrogen (secondary N) is 1. The molecule has 0 heterocycles. The van der Waals surface area contributed by atoms with Crippen molar-refractivity contribution >= 4 is 11.6 Å². The van der Waals surface area contributed by atoms with Crippen LogP contribution in [-0.4, -0.2) is 35.7 Å². The Morgan fingerprint density at radius 1 is 1.61 bits per heavy atom. The van der Waals surface area contributed by atoms with Crippen LogP contribution in [0.2, 0.25) is 0 Å². The van der Waals surface area contributed by atoms with Crippen LogP contribution >= 0.6 is 0 Å². The molecular weight excluding hydrogens is 240 g/mol. The summed E-state index contributed by atoms with van der Waals surface area (Å²) in [5, 5.41) is 22.3. The molecule has 1 rings (SSSR count). The standard InChI is InChI=1S/C11H14N2O5/c1-7(14)6-12-11(15)10-8(13(16)17)4-3-5-9(10)18-2/h3-5,7,14H,6H2,1-2H3,(H,12,15)/t7-/m0/s1. The summed E-state index contributed by atoms with van der Waals surface area (Å²) in [6.45, 7) is 1.50. The van der Waals surface area contributed by atoms with Crippen LogP contribution < -0.4 is 10.1 Å². The van der Waals surface area contributed by atoms with E-state index in [4.69, 9.17) is 9.84 Å². The second-order valence-corrected chi connectivity index (χ2v) is 3.67. The number of nitrogens with zero attached hydrogens (tertiary/aromatic N) is 1. The SMILES string of the molecule is COc1cccc([N+](=O)[O-])c1C(=O)NC[C@H](C)O. The van der Waals surface area contributed by atoms with E-state index in [2.05, 4.69) is 5.32 Å². The molecule has 0 fully saturated rings. The molecule has 2 N–H and O–H groups in total. The van der Waals surface area contributed by atoms with Crippen molar-refractivity contribution in [2.75, 3.05) is 13.7 Å². The Morgan fingerprint density at radius 2 is 2.28 bits per heavy atom. The molecule has 0 spiro atoms. The van der Waals surface area contributed by atoms with E-state index in [0.29, 0.717) is 0 Å². The molecule has 7 nitrogen and oxygen atoms in total. The molecular formula is C11H14N2O5. The Balaban J connectivity index is 3.11. The summed E-state index contributed by atoms with van der Waals surface area (Å²) < 4.78 is 4.94. The summed E-state index contributed by atoms with van der Waals surface area (Å²) in [6, 6.07) is 4.12. The average Bonchev–Trinajstić information content (AvgIpc) is 2.34. The minimum Gasteiger partial charge on any atom is -0.496 e. The number of aliphatic hydroxyl groups is 1. The minimum absolute atomic E-state index is 0.00797. The van der Waals surface area contributed by atoms with Gasteiger partial charge in [0, 0.05) is 12.6 Å². The lowest BCUT2D eigenvalue weighted by atomic mass is 10.1. The summed E-state index contributed by atoms with van der Waals surface area (Å²) in [7, 11) is 1.32. The quantitative estimate of drug-likeness (QED) is 0.595. The molecule has 1 amide bonds. The summed E-state index contributed by atoms with van der Waals surface area (Å²) in [6.07, 6.45) is -0.734. The Hall–Kier alpha value is -2.15. The van der Waals surface area contributed by atoms with Gasteiger partial charge in [-0.3, -0.25) is 14.9 Å². The van der Waals surface area contributed by atoms with E-state index >= 15 is 0 Å². The van der Waals surface area contributed by atoms with Crippen LogP contribution in [0.5, 0.6) is 5.75 Å². The Labute approximate surface area is 104 Å². The lowest BCUT2D eigenvalue weighted by Gasteiger charge is -2.10. The van der Waals surface area contributed by atoms with Gasteiger partial charge < -0.3 is 15.2 Å². The van der Waals surface area contributed by atoms with E-state index in [1.54, 1.807) is 0 Å². The lowest BCUT2D eigenvalue weighted by Crippen LogP contribution is -2.31. The maximum absolute atomic E-state index is 11.8. The fourth-order valence-corrected chi connectivity index (χ4v) is 1.40. The van der Waals surface area contributed by atoms with Crippen molar-refractivity contribution < 1.29 is 19.6 Å². The van der Waals surface area contributed by atoms with Crippen molar-refractivity contribution in [3.8, 4) is 5.75 Å². The Morgan fingerprint density at radius 3 is 2.78 bits per heavy atom. The van der Waals surface area contributed by atoms with Crippen LogP contribution in [0.1, 0.15) is 17.3 Å². The van der Waals surface area contributed by atoms with Crippen LogP contribution in [0.15, 0.2) is 18.2 Å². The number of nitro benzene ring substituents is 1. The van der Waals surface area contributed by atoms with Gasteiger partial charge in [-0.15, -0.1) is 0 Å². The van der Waals surface area contributed by atoms with Crippen LogP contribution in [0.3, 0.4) is 0 Å². The van der Waals surface area contributed by atoms with E-state index in [1.165, 1.54) is 32.2 Å². The summed E-state index contributed by atoms with van der Waals surface area (Å²) in [5.74, 6) is -0.535. The zero-order valence-electron chi connectivity index (χ0n) is 10.0. The number of carbonyl (C=O) groups is 1. The van der Waals surface area contributed by atoms with Crippen molar-refractivity contribution in [3.05, 3.63) is 33.9 Å². The smallest absolute Gasteiger partial charge is 0.285 e. The number of hydrogen-bond acceptors (Lipinski definition) is 5. The maximum Gasteiger partial charge on any atom is 0.285 e. The predicted molar refractivity (Wildman–Crippen MR) is 63.7 cm³/mol. The molecule has 0 aliphatic heterocycles. The third kappa shape index (κ3) is 3.17. The Kier molecular flexibility index (Phi) is 4.61. The molecule has 18 heavy (non-hydrogen) atoms. The molecule has 0 bridgehead atoms. The number of carbonyl (C=O) groups excluding carboxylic acids is 1. The third-order valence-corrected chi connectivity index (χ3v) is 2.21. The number of rotatable bonds is 5. The van der Waals surface area contributed by atoms with Gasteiger partial charge in [-0.1, -0.05) is 6.07 Å². The van der Waals surface area contributed by atoms with Crippen molar-refractivity contribution in [1.29, 1.82) is 0 Å². The fraction of sp³-hybridized carbons (Fsp3) is 0.364. The zero-order chi connectivity index (χ0) is 13.7. The molecule has 1 atom stereocenters. The first kappa shape index (κ1) is 13.9. The number of methoxy groups -OCH3 is 1. The second-order valence-electron chi connectivity index (χ2n) is 3.67. The van der Waals surface area contributed by atoms with Gasteiger partial charge >= 0.3 is 0 Å². The monoisotopic (exact) mass is 254 g/mol. The molecule has 0 radical (unpaired) electrons.